The Kier molecular flexibility index (Phi) is 2.56. The molecule has 1 aromatic heterocycles. The number of benzene rings is 1. The number of halogens is 1. The smallest absolute Gasteiger partial charge is 0.0715 e. The monoisotopic (exact) mass is 253 g/mol. The van der Waals surface area contributed by atoms with Gasteiger partial charge >= 0.3 is 0 Å². The van der Waals surface area contributed by atoms with E-state index in [2.05, 4.69) is 33.2 Å². The van der Waals surface area contributed by atoms with Gasteiger partial charge in [-0.3, -0.25) is 4.68 Å². The van der Waals surface area contributed by atoms with Gasteiger partial charge in [0.2, 0.25) is 0 Å². The number of aromatic nitrogens is 2. The number of fused-ring (bicyclic) bond motifs is 1. The summed E-state index contributed by atoms with van der Waals surface area (Å²) in [5, 5.41) is 5.63. The van der Waals surface area contributed by atoms with Gasteiger partial charge < -0.3 is 5.73 Å². The predicted octanol–water partition coefficient (Wildman–Crippen LogP) is 1.84. The Labute approximate surface area is 91.0 Å². The van der Waals surface area contributed by atoms with Crippen LogP contribution in [-0.4, -0.2) is 16.3 Å². The van der Waals surface area contributed by atoms with Crippen LogP contribution in [0.15, 0.2) is 22.7 Å². The molecule has 0 atom stereocenters. The van der Waals surface area contributed by atoms with Crippen LogP contribution >= 0.6 is 15.9 Å². The first-order valence-electron chi connectivity index (χ1n) is 4.53. The molecule has 2 N–H and O–H groups in total. The fourth-order valence-corrected chi connectivity index (χ4v) is 1.98. The number of rotatable bonds is 2. The van der Waals surface area contributed by atoms with Crippen molar-refractivity contribution >= 4 is 26.8 Å². The van der Waals surface area contributed by atoms with Crippen molar-refractivity contribution in [3.05, 3.63) is 28.4 Å². The number of hydrogen-bond acceptors (Lipinski definition) is 2. The zero-order chi connectivity index (χ0) is 10.1. The highest BCUT2D eigenvalue weighted by atomic mass is 79.9. The Morgan fingerprint density at radius 2 is 2.29 bits per heavy atom. The lowest BCUT2D eigenvalue weighted by Crippen LogP contribution is -2.03. The van der Waals surface area contributed by atoms with Crippen molar-refractivity contribution in [1.29, 1.82) is 0 Å². The van der Waals surface area contributed by atoms with Crippen molar-refractivity contribution in [2.24, 2.45) is 12.8 Å². The normalized spacial score (nSPS) is 11.1. The molecule has 0 saturated heterocycles. The van der Waals surface area contributed by atoms with E-state index in [0.717, 1.165) is 22.1 Å². The topological polar surface area (TPSA) is 43.8 Å². The first-order chi connectivity index (χ1) is 6.72. The molecule has 3 nitrogen and oxygen atoms in total. The summed E-state index contributed by atoms with van der Waals surface area (Å²) >= 11 is 3.45. The van der Waals surface area contributed by atoms with Crippen molar-refractivity contribution in [3.8, 4) is 0 Å². The zero-order valence-corrected chi connectivity index (χ0v) is 9.58. The molecule has 2 aromatic rings. The van der Waals surface area contributed by atoms with Gasteiger partial charge in [-0.25, -0.2) is 0 Å². The highest BCUT2D eigenvalue weighted by molar-refractivity contribution is 9.10. The Balaban J connectivity index is 2.65. The van der Waals surface area contributed by atoms with Gasteiger partial charge in [0.25, 0.3) is 0 Å². The molecule has 0 unspecified atom stereocenters. The highest BCUT2D eigenvalue weighted by Crippen LogP contribution is 2.22. The summed E-state index contributed by atoms with van der Waals surface area (Å²) in [5.74, 6) is 0. The fourth-order valence-electron chi connectivity index (χ4n) is 1.63. The number of hydrogen-bond donors (Lipinski definition) is 1. The van der Waals surface area contributed by atoms with Crippen LogP contribution < -0.4 is 5.73 Å². The van der Waals surface area contributed by atoms with Crippen LogP contribution in [0.25, 0.3) is 10.9 Å². The Hall–Kier alpha value is -0.870. The first-order valence-corrected chi connectivity index (χ1v) is 5.33. The molecule has 1 aromatic carbocycles. The summed E-state index contributed by atoms with van der Waals surface area (Å²) in [7, 11) is 1.95. The third-order valence-electron chi connectivity index (χ3n) is 2.27. The molecule has 14 heavy (non-hydrogen) atoms. The molecule has 74 valence electrons. The Bertz CT molecular complexity index is 462. The van der Waals surface area contributed by atoms with Crippen molar-refractivity contribution in [3.63, 3.8) is 0 Å². The van der Waals surface area contributed by atoms with Crippen molar-refractivity contribution in [2.45, 2.75) is 6.42 Å². The SMILES string of the molecule is Cn1nc(CCN)c2ccc(Br)cc21. The fraction of sp³-hybridized carbons (Fsp3) is 0.300. The number of nitrogens with zero attached hydrogens (tertiary/aromatic N) is 2. The van der Waals surface area contributed by atoms with E-state index in [1.54, 1.807) is 0 Å². The maximum atomic E-state index is 5.53. The minimum Gasteiger partial charge on any atom is -0.330 e. The van der Waals surface area contributed by atoms with E-state index in [4.69, 9.17) is 5.73 Å². The first kappa shape index (κ1) is 9.68. The lowest BCUT2D eigenvalue weighted by molar-refractivity contribution is 0.760. The van der Waals surface area contributed by atoms with Crippen molar-refractivity contribution in [2.75, 3.05) is 6.54 Å². The Morgan fingerprint density at radius 3 is 3.00 bits per heavy atom. The maximum absolute atomic E-state index is 5.53. The summed E-state index contributed by atoms with van der Waals surface area (Å²) in [6.07, 6.45) is 0.832. The van der Waals surface area contributed by atoms with E-state index in [9.17, 15) is 0 Å². The van der Waals surface area contributed by atoms with Gasteiger partial charge in [-0.2, -0.15) is 5.10 Å². The van der Waals surface area contributed by atoms with Crippen LogP contribution in [0, 0.1) is 0 Å². The van der Waals surface area contributed by atoms with Gasteiger partial charge in [0.1, 0.15) is 0 Å². The van der Waals surface area contributed by atoms with Crippen molar-refractivity contribution < 1.29 is 0 Å². The minimum atomic E-state index is 0.641. The average molecular weight is 254 g/mol. The van der Waals surface area contributed by atoms with E-state index in [1.165, 1.54) is 5.39 Å². The number of aryl methyl sites for hydroxylation is 1. The molecule has 1 heterocycles. The summed E-state index contributed by atoms with van der Waals surface area (Å²) < 4.78 is 2.97. The molecule has 0 radical (unpaired) electrons. The molecule has 0 aliphatic rings. The summed E-state index contributed by atoms with van der Waals surface area (Å²) in [6.45, 7) is 0.641. The average Bonchev–Trinajstić information content (AvgIpc) is 2.44. The van der Waals surface area contributed by atoms with Crippen LogP contribution in [-0.2, 0) is 13.5 Å². The van der Waals surface area contributed by atoms with E-state index in [-0.39, 0.29) is 0 Å². The van der Waals surface area contributed by atoms with E-state index >= 15 is 0 Å². The second kappa shape index (κ2) is 3.71. The maximum Gasteiger partial charge on any atom is 0.0715 e. The van der Waals surface area contributed by atoms with E-state index in [1.807, 2.05) is 17.8 Å². The molecule has 0 spiro atoms. The summed E-state index contributed by atoms with van der Waals surface area (Å²) in [5.41, 5.74) is 7.75. The molecule has 4 heteroatoms. The van der Waals surface area contributed by atoms with Gasteiger partial charge in [-0.05, 0) is 24.7 Å². The van der Waals surface area contributed by atoms with Crippen molar-refractivity contribution in [1.82, 2.24) is 9.78 Å². The predicted molar refractivity (Wildman–Crippen MR) is 61.2 cm³/mol. The van der Waals surface area contributed by atoms with Crippen LogP contribution in [0.4, 0.5) is 0 Å². The lowest BCUT2D eigenvalue weighted by atomic mass is 10.2. The van der Waals surface area contributed by atoms with Gasteiger partial charge in [-0.15, -0.1) is 0 Å². The zero-order valence-electron chi connectivity index (χ0n) is 8.00. The second-order valence-electron chi connectivity index (χ2n) is 3.27. The standard InChI is InChI=1S/C10H12BrN3/c1-14-10-6-7(11)2-3-8(10)9(13-14)4-5-12/h2-3,6H,4-5,12H2,1H3. The molecule has 0 aliphatic heterocycles. The number of nitrogens with two attached hydrogens (primary N) is 1. The highest BCUT2D eigenvalue weighted by Gasteiger charge is 2.07. The quantitative estimate of drug-likeness (QED) is 0.888. The molecule has 0 amide bonds. The van der Waals surface area contributed by atoms with Crippen LogP contribution in [0.2, 0.25) is 0 Å². The van der Waals surface area contributed by atoms with Crippen LogP contribution in [0.1, 0.15) is 5.69 Å². The molecule has 0 fully saturated rings. The van der Waals surface area contributed by atoms with Gasteiger partial charge in [0.15, 0.2) is 0 Å². The third-order valence-corrected chi connectivity index (χ3v) is 2.76. The Morgan fingerprint density at radius 1 is 1.50 bits per heavy atom. The summed E-state index contributed by atoms with van der Waals surface area (Å²) in [4.78, 5) is 0. The molecular formula is C10H12BrN3. The van der Waals surface area contributed by atoms with Crippen LogP contribution in [0.3, 0.4) is 0 Å². The van der Waals surface area contributed by atoms with Crippen LogP contribution in [0.5, 0.6) is 0 Å². The second-order valence-corrected chi connectivity index (χ2v) is 4.19. The van der Waals surface area contributed by atoms with Gasteiger partial charge in [-0.1, -0.05) is 15.9 Å². The van der Waals surface area contributed by atoms with E-state index in [0.29, 0.717) is 6.54 Å². The van der Waals surface area contributed by atoms with E-state index < -0.39 is 0 Å². The molecule has 2 rings (SSSR count). The van der Waals surface area contributed by atoms with Gasteiger partial charge in [0.05, 0.1) is 11.2 Å². The minimum absolute atomic E-state index is 0.641. The third kappa shape index (κ3) is 1.55. The molecule has 0 bridgehead atoms. The largest absolute Gasteiger partial charge is 0.330 e. The molecule has 0 aliphatic carbocycles. The lowest BCUT2D eigenvalue weighted by Gasteiger charge is -1.94. The molecule has 0 saturated carbocycles. The van der Waals surface area contributed by atoms with Gasteiger partial charge in [0, 0.05) is 23.3 Å². The molecular weight excluding hydrogens is 242 g/mol. The summed E-state index contributed by atoms with van der Waals surface area (Å²) in [6, 6.07) is 6.18.